The van der Waals surface area contributed by atoms with Crippen LogP contribution in [0.2, 0.25) is 0 Å². The van der Waals surface area contributed by atoms with Gasteiger partial charge in [0.2, 0.25) is 0 Å². The molecule has 0 saturated carbocycles. The first-order valence-electron chi connectivity index (χ1n) is 8.00. The number of carboxylic acid groups (broad SMARTS) is 1. The Morgan fingerprint density at radius 2 is 1.62 bits per heavy atom. The maximum Gasteiger partial charge on any atom is 0.334 e. The minimum Gasteiger partial charge on any atom is -0.489 e. The van der Waals surface area contributed by atoms with Crippen LogP contribution in [-0.2, 0) is 20.9 Å². The molecule has 0 spiro atoms. The minimum absolute atomic E-state index is 0.125. The van der Waals surface area contributed by atoms with Gasteiger partial charge in [-0.1, -0.05) is 30.3 Å². The number of aliphatic carboxylic acids is 1. The summed E-state index contributed by atoms with van der Waals surface area (Å²) in [7, 11) is 1.27. The second-order valence-electron chi connectivity index (χ2n) is 5.40. The Labute approximate surface area is 151 Å². The summed E-state index contributed by atoms with van der Waals surface area (Å²) in [4.78, 5) is 22.5. The first-order valence-corrected chi connectivity index (χ1v) is 8.00. The van der Waals surface area contributed by atoms with E-state index in [-0.39, 0.29) is 13.2 Å². The van der Waals surface area contributed by atoms with Crippen LogP contribution in [0.3, 0.4) is 0 Å². The number of hydrogen-bond donors (Lipinski definition) is 2. The number of hydrogen-bond acceptors (Lipinski definition) is 5. The Morgan fingerprint density at radius 3 is 2.19 bits per heavy atom. The van der Waals surface area contributed by atoms with Gasteiger partial charge in [-0.25, -0.2) is 4.79 Å². The zero-order valence-corrected chi connectivity index (χ0v) is 14.4. The highest BCUT2D eigenvalue weighted by atomic mass is 16.5. The summed E-state index contributed by atoms with van der Waals surface area (Å²) in [5.41, 5.74) is 1.07. The first kappa shape index (κ1) is 19.3. The Bertz CT molecular complexity index is 702. The molecule has 1 amide bonds. The van der Waals surface area contributed by atoms with E-state index >= 15 is 0 Å². The SMILES string of the molecule is COC(CNC(=O)COc1ccc(OCc2ccccc2)cc1)C(=O)O. The van der Waals surface area contributed by atoms with E-state index in [2.05, 4.69) is 5.32 Å². The fourth-order valence-electron chi connectivity index (χ4n) is 2.05. The van der Waals surface area contributed by atoms with Crippen LogP contribution < -0.4 is 14.8 Å². The molecule has 1 atom stereocenters. The van der Waals surface area contributed by atoms with Crippen LogP contribution in [0.5, 0.6) is 11.5 Å². The summed E-state index contributed by atoms with van der Waals surface area (Å²) >= 11 is 0. The van der Waals surface area contributed by atoms with Crippen LogP contribution in [-0.4, -0.2) is 43.3 Å². The number of nitrogens with one attached hydrogen (secondary N) is 1. The van der Waals surface area contributed by atoms with Gasteiger partial charge in [-0.05, 0) is 29.8 Å². The molecule has 1 unspecified atom stereocenters. The van der Waals surface area contributed by atoms with Crippen molar-refractivity contribution in [1.82, 2.24) is 5.32 Å². The monoisotopic (exact) mass is 359 g/mol. The molecule has 0 bridgehead atoms. The van der Waals surface area contributed by atoms with E-state index in [0.717, 1.165) is 5.56 Å². The molecule has 7 heteroatoms. The highest BCUT2D eigenvalue weighted by Gasteiger charge is 2.17. The summed E-state index contributed by atoms with van der Waals surface area (Å²) in [5, 5.41) is 11.3. The van der Waals surface area contributed by atoms with Gasteiger partial charge >= 0.3 is 5.97 Å². The molecule has 2 N–H and O–H groups in total. The van der Waals surface area contributed by atoms with Gasteiger partial charge in [0, 0.05) is 7.11 Å². The number of carboxylic acids is 1. The Morgan fingerprint density at radius 1 is 1.00 bits per heavy atom. The molecular formula is C19H21NO6. The number of rotatable bonds is 10. The molecule has 26 heavy (non-hydrogen) atoms. The van der Waals surface area contributed by atoms with E-state index in [9.17, 15) is 9.59 Å². The van der Waals surface area contributed by atoms with Gasteiger partial charge in [-0.3, -0.25) is 4.79 Å². The number of methoxy groups -OCH3 is 1. The smallest absolute Gasteiger partial charge is 0.334 e. The predicted octanol–water partition coefficient (Wildman–Crippen LogP) is 1.86. The molecule has 0 aliphatic carbocycles. The third-order valence-corrected chi connectivity index (χ3v) is 3.49. The third kappa shape index (κ3) is 6.45. The lowest BCUT2D eigenvalue weighted by Gasteiger charge is -2.12. The van der Waals surface area contributed by atoms with Gasteiger partial charge in [0.05, 0.1) is 6.54 Å². The topological polar surface area (TPSA) is 94.1 Å². The minimum atomic E-state index is -1.14. The molecule has 0 aromatic heterocycles. The van der Waals surface area contributed by atoms with Crippen LogP contribution in [0.15, 0.2) is 54.6 Å². The molecule has 0 heterocycles. The summed E-state index contributed by atoms with van der Waals surface area (Å²) in [6.45, 7) is 0.119. The van der Waals surface area contributed by atoms with E-state index in [1.807, 2.05) is 30.3 Å². The zero-order chi connectivity index (χ0) is 18.8. The van der Waals surface area contributed by atoms with Crippen molar-refractivity contribution in [3.05, 3.63) is 60.2 Å². The normalized spacial score (nSPS) is 11.4. The fraction of sp³-hybridized carbons (Fsp3) is 0.263. The maximum atomic E-state index is 11.7. The molecule has 0 fully saturated rings. The maximum absolute atomic E-state index is 11.7. The van der Waals surface area contributed by atoms with Crippen molar-refractivity contribution in [2.45, 2.75) is 12.7 Å². The Hall–Kier alpha value is -3.06. The van der Waals surface area contributed by atoms with E-state index in [1.54, 1.807) is 24.3 Å². The molecule has 0 saturated heterocycles. The van der Waals surface area contributed by atoms with E-state index in [1.165, 1.54) is 7.11 Å². The van der Waals surface area contributed by atoms with Crippen LogP contribution in [0, 0.1) is 0 Å². The summed E-state index contributed by atoms with van der Waals surface area (Å²) < 4.78 is 15.7. The van der Waals surface area contributed by atoms with Gasteiger partial charge in [0.1, 0.15) is 18.1 Å². The Kier molecular flexibility index (Phi) is 7.45. The molecule has 2 aromatic carbocycles. The van der Waals surface area contributed by atoms with Crippen molar-refractivity contribution in [3.63, 3.8) is 0 Å². The van der Waals surface area contributed by atoms with E-state index < -0.39 is 18.0 Å². The molecule has 2 aromatic rings. The quantitative estimate of drug-likeness (QED) is 0.672. The van der Waals surface area contributed by atoms with E-state index in [4.69, 9.17) is 19.3 Å². The highest BCUT2D eigenvalue weighted by Crippen LogP contribution is 2.18. The number of carbonyl (C=O) groups excluding carboxylic acids is 1. The number of amides is 1. The van der Waals surface area contributed by atoms with Crippen molar-refractivity contribution in [3.8, 4) is 11.5 Å². The average Bonchev–Trinajstić information content (AvgIpc) is 2.66. The van der Waals surface area contributed by atoms with Crippen molar-refractivity contribution >= 4 is 11.9 Å². The van der Waals surface area contributed by atoms with Crippen LogP contribution >= 0.6 is 0 Å². The summed E-state index contributed by atoms with van der Waals surface area (Å²) in [6, 6.07) is 16.7. The largest absolute Gasteiger partial charge is 0.489 e. The highest BCUT2D eigenvalue weighted by molar-refractivity contribution is 5.79. The second-order valence-corrected chi connectivity index (χ2v) is 5.40. The third-order valence-electron chi connectivity index (χ3n) is 3.49. The van der Waals surface area contributed by atoms with Crippen molar-refractivity contribution < 1.29 is 28.9 Å². The fourth-order valence-corrected chi connectivity index (χ4v) is 2.05. The predicted molar refractivity (Wildman–Crippen MR) is 94.2 cm³/mol. The molecular weight excluding hydrogens is 338 g/mol. The first-order chi connectivity index (χ1) is 12.6. The van der Waals surface area contributed by atoms with Crippen LogP contribution in [0.1, 0.15) is 5.56 Å². The molecule has 0 aliphatic rings. The van der Waals surface area contributed by atoms with Crippen LogP contribution in [0.25, 0.3) is 0 Å². The van der Waals surface area contributed by atoms with Crippen molar-refractivity contribution in [2.24, 2.45) is 0 Å². The molecule has 138 valence electrons. The zero-order valence-electron chi connectivity index (χ0n) is 14.4. The molecule has 7 nitrogen and oxygen atoms in total. The lowest BCUT2D eigenvalue weighted by molar-refractivity contribution is -0.148. The van der Waals surface area contributed by atoms with Gasteiger partial charge in [-0.2, -0.15) is 0 Å². The second kappa shape index (κ2) is 10.0. The standard InChI is InChI=1S/C19H21NO6/c1-24-17(19(22)23)11-20-18(21)13-26-16-9-7-15(8-10-16)25-12-14-5-3-2-4-6-14/h2-10,17H,11-13H2,1H3,(H,20,21)(H,22,23). The molecule has 0 radical (unpaired) electrons. The van der Waals surface area contributed by atoms with Crippen molar-refractivity contribution in [2.75, 3.05) is 20.3 Å². The van der Waals surface area contributed by atoms with Gasteiger partial charge < -0.3 is 24.6 Å². The van der Waals surface area contributed by atoms with E-state index in [0.29, 0.717) is 18.1 Å². The lowest BCUT2D eigenvalue weighted by atomic mass is 10.2. The van der Waals surface area contributed by atoms with Gasteiger partial charge in [-0.15, -0.1) is 0 Å². The molecule has 2 rings (SSSR count). The van der Waals surface area contributed by atoms with Crippen molar-refractivity contribution in [1.29, 1.82) is 0 Å². The number of carbonyl (C=O) groups is 2. The Balaban J connectivity index is 1.73. The van der Waals surface area contributed by atoms with Gasteiger partial charge in [0.25, 0.3) is 5.91 Å². The molecule has 0 aliphatic heterocycles. The summed E-state index contributed by atoms with van der Waals surface area (Å²) in [6.07, 6.45) is -1.08. The average molecular weight is 359 g/mol. The lowest BCUT2D eigenvalue weighted by Crippen LogP contribution is -2.39. The number of benzene rings is 2. The van der Waals surface area contributed by atoms with Gasteiger partial charge in [0.15, 0.2) is 12.7 Å². The number of ether oxygens (including phenoxy) is 3. The summed E-state index contributed by atoms with van der Waals surface area (Å²) in [5.74, 6) is -0.374. The van der Waals surface area contributed by atoms with Crippen LogP contribution in [0.4, 0.5) is 0 Å².